The smallest absolute Gasteiger partial charge is 0.244 e. The SMILES string of the molecule is CN(C)CCN=C1CC(=O)c2nc(-c3ccc(F)cc3F)oc2C1=O. The Labute approximate surface area is 142 Å². The molecule has 0 unspecified atom stereocenters. The summed E-state index contributed by atoms with van der Waals surface area (Å²) in [6, 6.07) is 2.86. The van der Waals surface area contributed by atoms with E-state index in [2.05, 4.69) is 9.98 Å². The van der Waals surface area contributed by atoms with Crippen molar-refractivity contribution in [1.29, 1.82) is 0 Å². The van der Waals surface area contributed by atoms with E-state index in [4.69, 9.17) is 4.42 Å². The minimum atomic E-state index is -0.890. The molecule has 0 fully saturated rings. The molecule has 0 aliphatic heterocycles. The molecule has 0 saturated carbocycles. The van der Waals surface area contributed by atoms with Crippen LogP contribution in [0.1, 0.15) is 27.5 Å². The Morgan fingerprint density at radius 2 is 2.04 bits per heavy atom. The molecule has 1 aliphatic carbocycles. The molecule has 1 heterocycles. The van der Waals surface area contributed by atoms with Gasteiger partial charge in [-0.05, 0) is 26.2 Å². The molecule has 0 atom stereocenters. The van der Waals surface area contributed by atoms with E-state index in [1.165, 1.54) is 0 Å². The van der Waals surface area contributed by atoms with Crippen LogP contribution in [-0.4, -0.2) is 54.3 Å². The predicted molar refractivity (Wildman–Crippen MR) is 86.0 cm³/mol. The quantitative estimate of drug-likeness (QED) is 0.849. The fourth-order valence-corrected chi connectivity index (χ4v) is 2.40. The molecule has 1 aliphatic rings. The van der Waals surface area contributed by atoms with Crippen molar-refractivity contribution in [2.45, 2.75) is 6.42 Å². The van der Waals surface area contributed by atoms with Gasteiger partial charge in [0.15, 0.2) is 11.5 Å². The highest BCUT2D eigenvalue weighted by Crippen LogP contribution is 2.28. The fourth-order valence-electron chi connectivity index (χ4n) is 2.40. The number of benzene rings is 1. The molecule has 0 amide bonds. The number of nitrogens with zero attached hydrogens (tertiary/aromatic N) is 3. The molecule has 1 aromatic heterocycles. The van der Waals surface area contributed by atoms with Gasteiger partial charge in [-0.25, -0.2) is 13.8 Å². The molecule has 130 valence electrons. The molecule has 2 aromatic rings. The summed E-state index contributed by atoms with van der Waals surface area (Å²) in [4.78, 5) is 34.6. The van der Waals surface area contributed by atoms with Gasteiger partial charge in [0.25, 0.3) is 0 Å². The van der Waals surface area contributed by atoms with Crippen LogP contribution in [0.2, 0.25) is 0 Å². The lowest BCUT2D eigenvalue weighted by molar-refractivity contribution is 0.0949. The maximum Gasteiger partial charge on any atom is 0.244 e. The maximum atomic E-state index is 13.9. The number of aliphatic imine (C=N–C) groups is 1. The number of likely N-dealkylation sites (N-methyl/N-ethyl adjacent to an activating group) is 1. The van der Waals surface area contributed by atoms with Gasteiger partial charge >= 0.3 is 0 Å². The van der Waals surface area contributed by atoms with E-state index in [0.717, 1.165) is 12.1 Å². The first-order valence-corrected chi connectivity index (χ1v) is 7.59. The minimum absolute atomic E-state index is 0.0987. The summed E-state index contributed by atoms with van der Waals surface area (Å²) in [6.45, 7) is 0.991. The van der Waals surface area contributed by atoms with Crippen LogP contribution in [0.15, 0.2) is 27.6 Å². The number of aromatic nitrogens is 1. The van der Waals surface area contributed by atoms with Crippen molar-refractivity contribution in [3.63, 3.8) is 0 Å². The molecule has 0 bridgehead atoms. The first-order valence-electron chi connectivity index (χ1n) is 7.59. The minimum Gasteiger partial charge on any atom is -0.432 e. The first-order chi connectivity index (χ1) is 11.9. The Balaban J connectivity index is 1.95. The van der Waals surface area contributed by atoms with Crippen molar-refractivity contribution in [2.24, 2.45) is 4.99 Å². The number of rotatable bonds is 4. The third-order valence-corrected chi connectivity index (χ3v) is 3.70. The summed E-state index contributed by atoms with van der Waals surface area (Å²) in [5.74, 6) is -3.08. The molecule has 0 saturated heterocycles. The summed E-state index contributed by atoms with van der Waals surface area (Å²) >= 11 is 0. The second-order valence-corrected chi connectivity index (χ2v) is 5.88. The summed E-state index contributed by atoms with van der Waals surface area (Å²) in [7, 11) is 3.73. The van der Waals surface area contributed by atoms with Crippen LogP contribution < -0.4 is 0 Å². The van der Waals surface area contributed by atoms with Crippen LogP contribution in [0.4, 0.5) is 8.78 Å². The van der Waals surface area contributed by atoms with E-state index >= 15 is 0 Å². The third-order valence-electron chi connectivity index (χ3n) is 3.70. The van der Waals surface area contributed by atoms with Crippen molar-refractivity contribution in [2.75, 3.05) is 27.2 Å². The third kappa shape index (κ3) is 3.39. The summed E-state index contributed by atoms with van der Waals surface area (Å²) in [5.41, 5.74) is -0.167. The number of carbonyl (C=O) groups is 2. The van der Waals surface area contributed by atoms with Crippen molar-refractivity contribution in [3.8, 4) is 11.5 Å². The highest BCUT2D eigenvalue weighted by atomic mass is 19.1. The zero-order valence-electron chi connectivity index (χ0n) is 13.7. The monoisotopic (exact) mass is 347 g/mol. The fraction of sp³-hybridized carbons (Fsp3) is 0.294. The molecule has 8 heteroatoms. The number of ketones is 2. The van der Waals surface area contributed by atoms with Crippen molar-refractivity contribution in [3.05, 3.63) is 41.3 Å². The van der Waals surface area contributed by atoms with Crippen LogP contribution in [0.5, 0.6) is 0 Å². The molecule has 0 N–H and O–H groups in total. The van der Waals surface area contributed by atoms with Crippen LogP contribution >= 0.6 is 0 Å². The average Bonchev–Trinajstić information content (AvgIpc) is 2.97. The highest BCUT2D eigenvalue weighted by Gasteiger charge is 2.35. The number of carbonyl (C=O) groups excluding carboxylic acids is 2. The number of fused-ring (bicyclic) bond motifs is 1. The summed E-state index contributed by atoms with van der Waals surface area (Å²) < 4.78 is 32.2. The lowest BCUT2D eigenvalue weighted by atomic mass is 9.97. The van der Waals surface area contributed by atoms with Crippen molar-refractivity contribution >= 4 is 17.3 Å². The molecule has 6 nitrogen and oxygen atoms in total. The number of hydrogen-bond acceptors (Lipinski definition) is 6. The molecular formula is C17H15F2N3O3. The van der Waals surface area contributed by atoms with Crippen LogP contribution in [0, 0.1) is 11.6 Å². The number of halogens is 2. The predicted octanol–water partition coefficient (Wildman–Crippen LogP) is 2.39. The Morgan fingerprint density at radius 1 is 1.28 bits per heavy atom. The number of hydrogen-bond donors (Lipinski definition) is 0. The molecule has 0 spiro atoms. The van der Waals surface area contributed by atoms with Gasteiger partial charge < -0.3 is 9.32 Å². The van der Waals surface area contributed by atoms with Gasteiger partial charge in [-0.3, -0.25) is 14.6 Å². The van der Waals surface area contributed by atoms with Gasteiger partial charge in [-0.1, -0.05) is 0 Å². The van der Waals surface area contributed by atoms with E-state index in [1.54, 1.807) is 0 Å². The molecule has 0 radical (unpaired) electrons. The standard InChI is InChI=1S/C17H15F2N3O3/c1-22(2)6-5-20-12-8-13(23)14-16(15(12)24)25-17(21-14)10-4-3-9(18)7-11(10)19/h3-4,7H,5-6,8H2,1-2H3. The lowest BCUT2D eigenvalue weighted by Crippen LogP contribution is -2.27. The van der Waals surface area contributed by atoms with E-state index in [0.29, 0.717) is 19.2 Å². The molecule has 1 aromatic carbocycles. The van der Waals surface area contributed by atoms with E-state index in [1.807, 2.05) is 19.0 Å². The van der Waals surface area contributed by atoms with E-state index in [-0.39, 0.29) is 35.0 Å². The van der Waals surface area contributed by atoms with Crippen molar-refractivity contribution in [1.82, 2.24) is 9.88 Å². The van der Waals surface area contributed by atoms with Gasteiger partial charge in [-0.2, -0.15) is 0 Å². The second-order valence-electron chi connectivity index (χ2n) is 5.88. The Hall–Kier alpha value is -2.74. The number of Topliss-reactive ketones (excluding diaryl/α,β-unsaturated/α-hetero) is 2. The number of oxazole rings is 1. The Kier molecular flexibility index (Phi) is 4.54. The Bertz CT molecular complexity index is 887. The second kappa shape index (κ2) is 6.64. The van der Waals surface area contributed by atoms with E-state index in [9.17, 15) is 18.4 Å². The average molecular weight is 347 g/mol. The highest BCUT2D eigenvalue weighted by molar-refractivity contribution is 6.51. The lowest BCUT2D eigenvalue weighted by Gasteiger charge is -2.10. The maximum absolute atomic E-state index is 13.9. The summed E-state index contributed by atoms with van der Waals surface area (Å²) in [5, 5.41) is 0. The van der Waals surface area contributed by atoms with Crippen LogP contribution in [0.25, 0.3) is 11.5 Å². The van der Waals surface area contributed by atoms with Crippen molar-refractivity contribution < 1.29 is 22.8 Å². The zero-order chi connectivity index (χ0) is 18.1. The molecular weight excluding hydrogens is 332 g/mol. The van der Waals surface area contributed by atoms with E-state index < -0.39 is 23.2 Å². The summed E-state index contributed by atoms with van der Waals surface area (Å²) in [6.07, 6.45) is -0.170. The molecule has 3 rings (SSSR count). The Morgan fingerprint density at radius 3 is 2.72 bits per heavy atom. The van der Waals surface area contributed by atoms with Gasteiger partial charge in [0.2, 0.25) is 17.4 Å². The van der Waals surface area contributed by atoms with Gasteiger partial charge in [0, 0.05) is 12.6 Å². The normalized spacial score (nSPS) is 16.0. The van der Waals surface area contributed by atoms with Gasteiger partial charge in [0.05, 0.1) is 24.2 Å². The molecule has 25 heavy (non-hydrogen) atoms. The topological polar surface area (TPSA) is 75.8 Å². The first kappa shape index (κ1) is 17.1. The zero-order valence-corrected chi connectivity index (χ0v) is 13.7. The van der Waals surface area contributed by atoms with Crippen LogP contribution in [-0.2, 0) is 0 Å². The van der Waals surface area contributed by atoms with Crippen LogP contribution in [0.3, 0.4) is 0 Å². The van der Waals surface area contributed by atoms with Gasteiger partial charge in [-0.15, -0.1) is 0 Å². The van der Waals surface area contributed by atoms with Gasteiger partial charge in [0.1, 0.15) is 11.6 Å². The largest absolute Gasteiger partial charge is 0.432 e.